The number of nitrogens with zero attached hydrogens (tertiary/aromatic N) is 1. The number of hydrogen-bond donors (Lipinski definition) is 2. The average molecular weight is 321 g/mol. The van der Waals surface area contributed by atoms with Gasteiger partial charge in [-0.25, -0.2) is 9.18 Å². The zero-order valence-corrected chi connectivity index (χ0v) is 11.7. The van der Waals surface area contributed by atoms with Crippen molar-refractivity contribution in [2.75, 3.05) is 20.1 Å². The molecule has 1 aromatic rings. The van der Waals surface area contributed by atoms with Crippen molar-refractivity contribution in [1.29, 1.82) is 0 Å². The van der Waals surface area contributed by atoms with E-state index in [1.165, 1.54) is 29.4 Å². The number of rotatable bonds is 5. The lowest BCUT2D eigenvalue weighted by molar-refractivity contribution is -0.125. The summed E-state index contributed by atoms with van der Waals surface area (Å²) in [6, 6.07) is 4.74. The number of nitrogens with one attached hydrogen (secondary N) is 2. The molecule has 0 fully saturated rings. The molecule has 0 unspecified atom stereocenters. The standard InChI is InChI=1S/C13H15F4N3O2/c1-20(6-9-4-2-3-5-10(9)14)7-11(21)19-12(22)18-8-13(15,16)17/h2-5H,6-8H2,1H3,(H2,18,19,21,22). The average Bonchev–Trinajstić information content (AvgIpc) is 2.38. The number of benzene rings is 1. The van der Waals surface area contributed by atoms with Crippen LogP contribution >= 0.6 is 0 Å². The first kappa shape index (κ1) is 17.9. The van der Waals surface area contributed by atoms with Crippen molar-refractivity contribution in [2.24, 2.45) is 0 Å². The number of imide groups is 1. The van der Waals surface area contributed by atoms with Gasteiger partial charge in [-0.3, -0.25) is 15.0 Å². The fourth-order valence-electron chi connectivity index (χ4n) is 1.61. The molecule has 0 atom stereocenters. The smallest absolute Gasteiger partial charge is 0.329 e. The summed E-state index contributed by atoms with van der Waals surface area (Å²) in [4.78, 5) is 24.0. The van der Waals surface area contributed by atoms with E-state index in [2.05, 4.69) is 0 Å². The van der Waals surface area contributed by atoms with Crippen LogP contribution < -0.4 is 10.6 Å². The lowest BCUT2D eigenvalue weighted by Gasteiger charge is -2.16. The largest absolute Gasteiger partial charge is 0.405 e. The molecule has 2 N–H and O–H groups in total. The molecule has 0 aliphatic rings. The minimum Gasteiger partial charge on any atom is -0.329 e. The fourth-order valence-corrected chi connectivity index (χ4v) is 1.61. The quantitative estimate of drug-likeness (QED) is 0.811. The van der Waals surface area contributed by atoms with Crippen molar-refractivity contribution in [3.8, 4) is 0 Å². The molecule has 0 radical (unpaired) electrons. The third-order valence-electron chi connectivity index (χ3n) is 2.51. The molecule has 0 aromatic heterocycles. The van der Waals surface area contributed by atoms with Gasteiger partial charge in [-0.1, -0.05) is 18.2 Å². The zero-order valence-electron chi connectivity index (χ0n) is 11.7. The Kier molecular flexibility index (Phi) is 6.29. The maximum absolute atomic E-state index is 13.4. The Morgan fingerprint density at radius 3 is 2.45 bits per heavy atom. The molecule has 9 heteroatoms. The third-order valence-corrected chi connectivity index (χ3v) is 2.51. The monoisotopic (exact) mass is 321 g/mol. The molecule has 3 amide bonds. The van der Waals surface area contributed by atoms with E-state index in [4.69, 9.17) is 0 Å². The van der Waals surface area contributed by atoms with Gasteiger partial charge in [-0.05, 0) is 13.1 Å². The molecule has 122 valence electrons. The van der Waals surface area contributed by atoms with Crippen molar-refractivity contribution in [3.63, 3.8) is 0 Å². The van der Waals surface area contributed by atoms with Gasteiger partial charge < -0.3 is 5.32 Å². The number of likely N-dealkylation sites (N-methyl/N-ethyl adjacent to an activating group) is 1. The van der Waals surface area contributed by atoms with Gasteiger partial charge in [0, 0.05) is 12.1 Å². The van der Waals surface area contributed by atoms with Crippen molar-refractivity contribution >= 4 is 11.9 Å². The van der Waals surface area contributed by atoms with Crippen molar-refractivity contribution in [1.82, 2.24) is 15.5 Å². The van der Waals surface area contributed by atoms with Crippen LogP contribution in [0.15, 0.2) is 24.3 Å². The van der Waals surface area contributed by atoms with Crippen LogP contribution in [0.5, 0.6) is 0 Å². The van der Waals surface area contributed by atoms with Gasteiger partial charge in [-0.15, -0.1) is 0 Å². The lowest BCUT2D eigenvalue weighted by atomic mass is 10.2. The maximum atomic E-state index is 13.4. The van der Waals surface area contributed by atoms with Crippen molar-refractivity contribution in [3.05, 3.63) is 35.6 Å². The lowest BCUT2D eigenvalue weighted by Crippen LogP contribution is -2.46. The first-order chi connectivity index (χ1) is 10.2. The number of hydrogen-bond acceptors (Lipinski definition) is 3. The SMILES string of the molecule is CN(CC(=O)NC(=O)NCC(F)(F)F)Cc1ccccc1F. The Morgan fingerprint density at radius 1 is 1.23 bits per heavy atom. The first-order valence-corrected chi connectivity index (χ1v) is 6.24. The third kappa shape index (κ3) is 7.02. The second-order valence-electron chi connectivity index (χ2n) is 4.61. The molecule has 1 rings (SSSR count). The summed E-state index contributed by atoms with van der Waals surface area (Å²) < 4.78 is 49.0. The van der Waals surface area contributed by atoms with Crippen LogP contribution in [0.1, 0.15) is 5.56 Å². The molecule has 0 spiro atoms. The summed E-state index contributed by atoms with van der Waals surface area (Å²) in [7, 11) is 1.51. The van der Waals surface area contributed by atoms with Gasteiger partial charge >= 0.3 is 12.2 Å². The van der Waals surface area contributed by atoms with Crippen LogP contribution in [0, 0.1) is 5.82 Å². The zero-order chi connectivity index (χ0) is 16.8. The number of carbonyl (C=O) groups is 2. The predicted octanol–water partition coefficient (Wildman–Crippen LogP) is 1.65. The summed E-state index contributed by atoms with van der Waals surface area (Å²) in [6.07, 6.45) is -4.55. The Balaban J connectivity index is 2.38. The van der Waals surface area contributed by atoms with Crippen molar-refractivity contribution in [2.45, 2.75) is 12.7 Å². The normalized spacial score (nSPS) is 11.4. The summed E-state index contributed by atoms with van der Waals surface area (Å²) in [5.74, 6) is -1.23. The Hall–Kier alpha value is -2.16. The maximum Gasteiger partial charge on any atom is 0.405 e. The molecule has 1 aromatic carbocycles. The molecule has 22 heavy (non-hydrogen) atoms. The molecular formula is C13H15F4N3O2. The minimum absolute atomic E-state index is 0.115. The van der Waals surface area contributed by atoms with E-state index >= 15 is 0 Å². The van der Waals surface area contributed by atoms with Crippen LogP contribution in [0.3, 0.4) is 0 Å². The minimum atomic E-state index is -4.55. The second kappa shape index (κ2) is 7.74. The van der Waals surface area contributed by atoms with Crippen LogP contribution in [-0.4, -0.2) is 43.2 Å². The number of amides is 3. The molecule has 0 saturated carbocycles. The molecule has 0 aliphatic heterocycles. The molecule has 0 bridgehead atoms. The van der Waals surface area contributed by atoms with E-state index < -0.39 is 30.5 Å². The number of carbonyl (C=O) groups excluding carboxylic acids is 2. The fraction of sp³-hybridized carbons (Fsp3) is 0.385. The van der Waals surface area contributed by atoms with E-state index in [9.17, 15) is 27.2 Å². The first-order valence-electron chi connectivity index (χ1n) is 6.24. The summed E-state index contributed by atoms with van der Waals surface area (Å²) >= 11 is 0. The van der Waals surface area contributed by atoms with Crippen LogP contribution in [0.4, 0.5) is 22.4 Å². The highest BCUT2D eigenvalue weighted by atomic mass is 19.4. The molecular weight excluding hydrogens is 306 g/mol. The van der Waals surface area contributed by atoms with E-state index in [-0.39, 0.29) is 13.1 Å². The number of halogens is 4. The molecule has 0 aliphatic carbocycles. The van der Waals surface area contributed by atoms with E-state index in [0.29, 0.717) is 5.56 Å². The van der Waals surface area contributed by atoms with E-state index in [1.807, 2.05) is 0 Å². The summed E-state index contributed by atoms with van der Waals surface area (Å²) in [6.45, 7) is -1.69. The molecule has 5 nitrogen and oxygen atoms in total. The Bertz CT molecular complexity index is 534. The van der Waals surface area contributed by atoms with Gasteiger partial charge in [0.25, 0.3) is 0 Å². The highest BCUT2D eigenvalue weighted by Crippen LogP contribution is 2.12. The number of urea groups is 1. The Morgan fingerprint density at radius 2 is 1.86 bits per heavy atom. The van der Waals surface area contributed by atoms with E-state index in [0.717, 1.165) is 0 Å². The topological polar surface area (TPSA) is 61.4 Å². The second-order valence-corrected chi connectivity index (χ2v) is 4.61. The molecule has 0 saturated heterocycles. The van der Waals surface area contributed by atoms with E-state index in [1.54, 1.807) is 17.4 Å². The van der Waals surface area contributed by atoms with Gasteiger partial charge in [0.1, 0.15) is 12.4 Å². The highest BCUT2D eigenvalue weighted by molar-refractivity contribution is 5.95. The van der Waals surface area contributed by atoms with Gasteiger partial charge in [0.15, 0.2) is 0 Å². The summed E-state index contributed by atoms with van der Waals surface area (Å²) in [5, 5.41) is 3.27. The summed E-state index contributed by atoms with van der Waals surface area (Å²) in [5.41, 5.74) is 0.360. The Labute approximate surface area is 124 Å². The van der Waals surface area contributed by atoms with Crippen LogP contribution in [0.25, 0.3) is 0 Å². The van der Waals surface area contributed by atoms with Crippen LogP contribution in [-0.2, 0) is 11.3 Å². The van der Waals surface area contributed by atoms with Gasteiger partial charge in [-0.2, -0.15) is 13.2 Å². The predicted molar refractivity (Wildman–Crippen MR) is 70.3 cm³/mol. The van der Waals surface area contributed by atoms with Gasteiger partial charge in [0.2, 0.25) is 5.91 Å². The molecule has 0 heterocycles. The van der Waals surface area contributed by atoms with Crippen LogP contribution in [0.2, 0.25) is 0 Å². The van der Waals surface area contributed by atoms with Crippen molar-refractivity contribution < 1.29 is 27.2 Å². The number of alkyl halides is 3. The van der Waals surface area contributed by atoms with Gasteiger partial charge in [0.05, 0.1) is 6.54 Å². The highest BCUT2D eigenvalue weighted by Gasteiger charge is 2.28.